The van der Waals surface area contributed by atoms with Crippen LogP contribution in [0.15, 0.2) is 53.1 Å². The number of likely N-dealkylation sites (N-methyl/N-ethyl adjacent to an activating group) is 1. The number of methoxy groups -OCH3 is 1. The van der Waals surface area contributed by atoms with Gasteiger partial charge in [-0.1, -0.05) is 6.58 Å². The zero-order chi connectivity index (χ0) is 14.7. The van der Waals surface area contributed by atoms with E-state index in [1.807, 2.05) is 24.2 Å². The van der Waals surface area contributed by atoms with Crippen molar-refractivity contribution in [3.05, 3.63) is 58.6 Å². The number of pyridine rings is 1. The van der Waals surface area contributed by atoms with Crippen LogP contribution < -0.4 is 5.32 Å². The Hall–Kier alpha value is -2.08. The third-order valence-electron chi connectivity index (χ3n) is 2.78. The molecule has 1 N–H and O–H groups in total. The van der Waals surface area contributed by atoms with E-state index in [4.69, 9.17) is 0 Å². The van der Waals surface area contributed by atoms with Gasteiger partial charge in [-0.2, -0.15) is 0 Å². The molecule has 0 amide bonds. The lowest BCUT2D eigenvalue weighted by Gasteiger charge is -2.24. The van der Waals surface area contributed by atoms with E-state index in [1.54, 1.807) is 12.1 Å². The van der Waals surface area contributed by atoms with Gasteiger partial charge in [0.1, 0.15) is 5.82 Å². The Labute approximate surface area is 125 Å². The maximum atomic E-state index is 11.3. The fourth-order valence-corrected chi connectivity index (χ4v) is 2.20. The van der Waals surface area contributed by atoms with Crippen LogP contribution in [0.5, 0.6) is 0 Å². The van der Waals surface area contributed by atoms with Crippen molar-refractivity contribution in [3.63, 3.8) is 0 Å². The monoisotopic (exact) mass is 335 g/mol. The summed E-state index contributed by atoms with van der Waals surface area (Å²) in [5.41, 5.74) is 2.07. The molecule has 1 aliphatic heterocycles. The molecule has 2 rings (SSSR count). The van der Waals surface area contributed by atoms with E-state index in [0.717, 1.165) is 15.9 Å². The lowest BCUT2D eigenvalue weighted by atomic mass is 10.2. The van der Waals surface area contributed by atoms with Gasteiger partial charge in [-0.3, -0.25) is 0 Å². The van der Waals surface area contributed by atoms with Crippen molar-refractivity contribution in [2.75, 3.05) is 19.5 Å². The summed E-state index contributed by atoms with van der Waals surface area (Å²) in [5.74, 6) is 0.219. The summed E-state index contributed by atoms with van der Waals surface area (Å²) in [6.07, 6.45) is 5.30. The quantitative estimate of drug-likeness (QED) is 0.861. The molecular formula is C14H14BrN3O2. The van der Waals surface area contributed by atoms with Crippen LogP contribution >= 0.6 is 15.9 Å². The molecule has 0 atom stereocenters. The van der Waals surface area contributed by atoms with Gasteiger partial charge in [0.2, 0.25) is 0 Å². The summed E-state index contributed by atoms with van der Waals surface area (Å²) in [7, 11) is 3.25. The first-order valence-electron chi connectivity index (χ1n) is 5.84. The number of nitrogens with one attached hydrogen (secondary N) is 1. The fraction of sp³-hybridized carbons (Fsp3) is 0.143. The summed E-state index contributed by atoms with van der Waals surface area (Å²) in [5, 5.41) is 3.16. The summed E-state index contributed by atoms with van der Waals surface area (Å²) >= 11 is 3.43. The maximum Gasteiger partial charge on any atom is 0.339 e. The Morgan fingerprint density at radius 2 is 2.25 bits per heavy atom. The van der Waals surface area contributed by atoms with Crippen molar-refractivity contribution in [3.8, 4) is 0 Å². The van der Waals surface area contributed by atoms with E-state index >= 15 is 0 Å². The predicted octanol–water partition coefficient (Wildman–Crippen LogP) is 2.86. The summed E-state index contributed by atoms with van der Waals surface area (Å²) < 4.78 is 5.56. The number of nitrogens with zero attached hydrogens (tertiary/aromatic N) is 2. The van der Waals surface area contributed by atoms with Gasteiger partial charge in [0, 0.05) is 23.9 Å². The normalized spacial score (nSPS) is 14.6. The molecule has 0 spiro atoms. The van der Waals surface area contributed by atoms with E-state index in [2.05, 4.69) is 37.5 Å². The summed E-state index contributed by atoms with van der Waals surface area (Å²) in [4.78, 5) is 17.4. The Kier molecular flexibility index (Phi) is 4.24. The van der Waals surface area contributed by atoms with Crippen LogP contribution in [0.2, 0.25) is 0 Å². The maximum absolute atomic E-state index is 11.3. The smallest absolute Gasteiger partial charge is 0.339 e. The number of aromatic nitrogens is 1. The second-order valence-electron chi connectivity index (χ2n) is 4.18. The summed E-state index contributed by atoms with van der Waals surface area (Å²) in [6.45, 7) is 3.99. The molecule has 1 aliphatic rings. The molecule has 0 radical (unpaired) electrons. The van der Waals surface area contributed by atoms with Gasteiger partial charge in [0.25, 0.3) is 0 Å². The number of hydrogen-bond donors (Lipinski definition) is 1. The number of esters is 1. The molecule has 5 nitrogen and oxygen atoms in total. The van der Waals surface area contributed by atoms with Crippen LogP contribution in [0.25, 0.3) is 0 Å². The van der Waals surface area contributed by atoms with Gasteiger partial charge in [0.15, 0.2) is 0 Å². The lowest BCUT2D eigenvalue weighted by Crippen LogP contribution is -2.19. The molecule has 0 saturated carbocycles. The third kappa shape index (κ3) is 3.08. The molecule has 1 aromatic heterocycles. The molecule has 0 aromatic carbocycles. The Balaban J connectivity index is 2.16. The third-order valence-corrected chi connectivity index (χ3v) is 3.22. The number of carbonyl (C=O) groups is 1. The number of allylic oxidation sites excluding steroid dienone is 2. The molecule has 104 valence electrons. The van der Waals surface area contributed by atoms with Gasteiger partial charge in [0.05, 0.1) is 24.1 Å². The first-order chi connectivity index (χ1) is 9.51. The minimum absolute atomic E-state index is 0.407. The molecule has 0 aliphatic carbocycles. The highest BCUT2D eigenvalue weighted by Crippen LogP contribution is 2.25. The first kappa shape index (κ1) is 14.3. The standard InChI is InChI=1S/C14H14BrN3O2/c1-9-12(6-11(15)8-18(9)2)17-13-5-4-10(7-16-13)14(19)20-3/h4-8H,1H2,2-3H3,(H,16,17). The average molecular weight is 336 g/mol. The van der Waals surface area contributed by atoms with E-state index in [9.17, 15) is 4.79 Å². The average Bonchev–Trinajstić information content (AvgIpc) is 2.44. The van der Waals surface area contributed by atoms with E-state index in [0.29, 0.717) is 11.4 Å². The SMILES string of the molecule is C=C1C(Nc2ccc(C(=O)OC)cn2)=CC(Br)=CN1C. The Morgan fingerprint density at radius 3 is 2.85 bits per heavy atom. The highest BCUT2D eigenvalue weighted by atomic mass is 79.9. The number of ether oxygens (including phenoxy) is 1. The van der Waals surface area contributed by atoms with Gasteiger partial charge in [-0.05, 0) is 34.1 Å². The lowest BCUT2D eigenvalue weighted by molar-refractivity contribution is 0.0600. The molecule has 20 heavy (non-hydrogen) atoms. The minimum Gasteiger partial charge on any atom is -0.465 e. The molecule has 0 unspecified atom stereocenters. The van der Waals surface area contributed by atoms with Crippen molar-refractivity contribution in [2.45, 2.75) is 0 Å². The molecule has 6 heteroatoms. The number of halogens is 1. The largest absolute Gasteiger partial charge is 0.465 e. The number of carbonyl (C=O) groups excluding carboxylic acids is 1. The van der Waals surface area contributed by atoms with Crippen LogP contribution in [-0.4, -0.2) is 30.0 Å². The van der Waals surface area contributed by atoms with Crippen LogP contribution in [0, 0.1) is 0 Å². The topological polar surface area (TPSA) is 54.5 Å². The second kappa shape index (κ2) is 5.92. The van der Waals surface area contributed by atoms with Crippen LogP contribution in [0.1, 0.15) is 10.4 Å². The van der Waals surface area contributed by atoms with Crippen LogP contribution in [-0.2, 0) is 4.74 Å². The number of anilines is 1. The van der Waals surface area contributed by atoms with Crippen molar-refractivity contribution in [1.82, 2.24) is 9.88 Å². The van der Waals surface area contributed by atoms with E-state index < -0.39 is 5.97 Å². The summed E-state index contributed by atoms with van der Waals surface area (Å²) in [6, 6.07) is 3.37. The number of rotatable bonds is 3. The molecule has 0 saturated heterocycles. The van der Waals surface area contributed by atoms with E-state index in [1.165, 1.54) is 13.3 Å². The fourth-order valence-electron chi connectivity index (χ4n) is 1.66. The Morgan fingerprint density at radius 1 is 1.50 bits per heavy atom. The second-order valence-corrected chi connectivity index (χ2v) is 5.09. The Bertz CT molecular complexity index is 605. The molecule has 0 fully saturated rings. The zero-order valence-corrected chi connectivity index (χ0v) is 12.8. The van der Waals surface area contributed by atoms with Crippen LogP contribution in [0.3, 0.4) is 0 Å². The predicted molar refractivity (Wildman–Crippen MR) is 81.2 cm³/mol. The van der Waals surface area contributed by atoms with Crippen molar-refractivity contribution in [2.24, 2.45) is 0 Å². The van der Waals surface area contributed by atoms with Gasteiger partial charge in [-0.15, -0.1) is 0 Å². The zero-order valence-electron chi connectivity index (χ0n) is 11.2. The molecule has 1 aromatic rings. The van der Waals surface area contributed by atoms with Crippen LogP contribution in [0.4, 0.5) is 5.82 Å². The first-order valence-corrected chi connectivity index (χ1v) is 6.63. The highest BCUT2D eigenvalue weighted by Gasteiger charge is 2.13. The van der Waals surface area contributed by atoms with Crippen molar-refractivity contribution < 1.29 is 9.53 Å². The van der Waals surface area contributed by atoms with Gasteiger partial charge < -0.3 is 15.0 Å². The van der Waals surface area contributed by atoms with Gasteiger partial charge >= 0.3 is 5.97 Å². The number of hydrogen-bond acceptors (Lipinski definition) is 5. The minimum atomic E-state index is -0.407. The van der Waals surface area contributed by atoms with Crippen molar-refractivity contribution >= 4 is 27.7 Å². The van der Waals surface area contributed by atoms with Crippen molar-refractivity contribution in [1.29, 1.82) is 0 Å². The van der Waals surface area contributed by atoms with Gasteiger partial charge in [-0.25, -0.2) is 9.78 Å². The molecule has 2 heterocycles. The van der Waals surface area contributed by atoms with E-state index in [-0.39, 0.29) is 0 Å². The molecule has 0 bridgehead atoms. The highest BCUT2D eigenvalue weighted by molar-refractivity contribution is 9.11. The molecular weight excluding hydrogens is 322 g/mol.